The average Bonchev–Trinajstić information content (AvgIpc) is 3.10. The molecule has 0 amide bonds. The molecule has 0 aliphatic carbocycles. The average molecular weight is 351 g/mol. The number of carboxylic acids is 1. The van der Waals surface area contributed by atoms with E-state index in [1.165, 1.54) is 23.1 Å². The Balaban J connectivity index is 1.78. The quantitative estimate of drug-likeness (QED) is 0.712. The number of aromatic carboxylic acids is 1. The zero-order valence-electron chi connectivity index (χ0n) is 11.8. The van der Waals surface area contributed by atoms with Gasteiger partial charge in [-0.2, -0.15) is 0 Å². The number of nitrogens with zero attached hydrogens (tertiary/aromatic N) is 3. The number of rotatable bonds is 6. The molecule has 2 aromatic heterocycles. The van der Waals surface area contributed by atoms with Crippen LogP contribution in [0.4, 0.5) is 0 Å². The van der Waals surface area contributed by atoms with E-state index in [4.69, 9.17) is 5.11 Å². The van der Waals surface area contributed by atoms with Crippen LogP contribution in [-0.2, 0) is 6.42 Å². The van der Waals surface area contributed by atoms with Crippen LogP contribution in [0.3, 0.4) is 0 Å². The van der Waals surface area contributed by atoms with Gasteiger partial charge in [0, 0.05) is 6.42 Å². The van der Waals surface area contributed by atoms with E-state index < -0.39 is 5.97 Å². The second-order valence-electron chi connectivity index (χ2n) is 4.63. The molecule has 114 valence electrons. The van der Waals surface area contributed by atoms with Crippen LogP contribution in [0, 0.1) is 0 Å². The van der Waals surface area contributed by atoms with Crippen LogP contribution >= 0.6 is 34.4 Å². The highest BCUT2D eigenvalue weighted by Gasteiger charge is 2.12. The first-order valence-corrected chi connectivity index (χ1v) is 9.25. The summed E-state index contributed by atoms with van der Waals surface area (Å²) in [5, 5.41) is 18.4. The van der Waals surface area contributed by atoms with Crippen molar-refractivity contribution in [2.45, 2.75) is 34.9 Å². The molecule has 0 aliphatic rings. The minimum atomic E-state index is -0.922. The van der Waals surface area contributed by atoms with Gasteiger partial charge in [0.15, 0.2) is 8.68 Å². The van der Waals surface area contributed by atoms with Crippen molar-refractivity contribution in [3.63, 3.8) is 0 Å². The van der Waals surface area contributed by atoms with Gasteiger partial charge in [0.05, 0.1) is 15.8 Å². The smallest absolute Gasteiger partial charge is 0.335 e. The minimum absolute atomic E-state index is 0.283. The summed E-state index contributed by atoms with van der Waals surface area (Å²) in [5.74, 6) is -0.922. The number of unbranched alkanes of at least 4 members (excludes halogenated alkanes) is 1. The predicted molar refractivity (Wildman–Crippen MR) is 89.2 cm³/mol. The lowest BCUT2D eigenvalue weighted by molar-refractivity contribution is 0.0697. The first-order chi connectivity index (χ1) is 10.7. The minimum Gasteiger partial charge on any atom is -0.478 e. The number of fused-ring (bicyclic) bond motifs is 1. The largest absolute Gasteiger partial charge is 0.478 e. The third kappa shape index (κ3) is 3.45. The molecular formula is C14H13N3O2S3. The molecule has 0 atom stereocenters. The van der Waals surface area contributed by atoms with E-state index in [2.05, 4.69) is 22.1 Å². The molecule has 8 heteroatoms. The maximum atomic E-state index is 11.0. The molecule has 0 radical (unpaired) electrons. The van der Waals surface area contributed by atoms with E-state index in [9.17, 15) is 4.79 Å². The normalized spacial score (nSPS) is 11.1. The van der Waals surface area contributed by atoms with Gasteiger partial charge < -0.3 is 5.11 Å². The molecule has 0 saturated carbocycles. The molecule has 0 fully saturated rings. The Bertz CT molecular complexity index is 813. The number of carbonyl (C=O) groups is 1. The second kappa shape index (κ2) is 6.72. The van der Waals surface area contributed by atoms with Crippen molar-refractivity contribution < 1.29 is 9.90 Å². The highest BCUT2D eigenvalue weighted by molar-refractivity contribution is 8.02. The first kappa shape index (κ1) is 15.4. The van der Waals surface area contributed by atoms with Gasteiger partial charge in [-0.15, -0.1) is 21.5 Å². The standard InChI is InChI=1S/C14H13N3O2S3/c1-2-3-4-11-16-17-14(21-11)22-13-15-9-6-5-8(12(18)19)7-10(9)20-13/h5-7H,2-4H2,1H3,(H,18,19). The van der Waals surface area contributed by atoms with Crippen LogP contribution in [0.2, 0.25) is 0 Å². The Morgan fingerprint density at radius 1 is 1.27 bits per heavy atom. The third-order valence-corrected chi connectivity index (χ3v) is 6.10. The summed E-state index contributed by atoms with van der Waals surface area (Å²) in [5.41, 5.74) is 1.10. The summed E-state index contributed by atoms with van der Waals surface area (Å²) in [7, 11) is 0. The number of hydrogen-bond acceptors (Lipinski definition) is 7. The van der Waals surface area contributed by atoms with Crippen molar-refractivity contribution in [2.24, 2.45) is 0 Å². The Hall–Kier alpha value is -1.51. The van der Waals surface area contributed by atoms with Gasteiger partial charge in [-0.1, -0.05) is 24.7 Å². The van der Waals surface area contributed by atoms with E-state index in [1.54, 1.807) is 29.5 Å². The number of thiazole rings is 1. The van der Waals surface area contributed by atoms with Crippen LogP contribution in [-0.4, -0.2) is 26.3 Å². The van der Waals surface area contributed by atoms with Crippen LogP contribution in [0.25, 0.3) is 10.2 Å². The maximum absolute atomic E-state index is 11.0. The van der Waals surface area contributed by atoms with E-state index in [0.717, 1.165) is 43.2 Å². The number of aromatic nitrogens is 3. The van der Waals surface area contributed by atoms with Gasteiger partial charge in [-0.3, -0.25) is 0 Å². The Morgan fingerprint density at radius 3 is 2.91 bits per heavy atom. The van der Waals surface area contributed by atoms with Gasteiger partial charge in [0.2, 0.25) is 0 Å². The third-order valence-electron chi connectivity index (χ3n) is 2.98. The van der Waals surface area contributed by atoms with Gasteiger partial charge in [-0.25, -0.2) is 9.78 Å². The van der Waals surface area contributed by atoms with Gasteiger partial charge in [0.1, 0.15) is 5.01 Å². The van der Waals surface area contributed by atoms with Crippen molar-refractivity contribution in [2.75, 3.05) is 0 Å². The van der Waals surface area contributed by atoms with Gasteiger partial charge in [0.25, 0.3) is 0 Å². The van der Waals surface area contributed by atoms with Crippen molar-refractivity contribution in [3.05, 3.63) is 28.8 Å². The van der Waals surface area contributed by atoms with Crippen LogP contribution in [0.15, 0.2) is 26.9 Å². The van der Waals surface area contributed by atoms with Crippen molar-refractivity contribution >= 4 is 50.6 Å². The summed E-state index contributed by atoms with van der Waals surface area (Å²) < 4.78 is 2.61. The van der Waals surface area contributed by atoms with Crippen LogP contribution in [0.1, 0.15) is 35.1 Å². The van der Waals surface area contributed by atoms with E-state index in [0.29, 0.717) is 0 Å². The zero-order valence-corrected chi connectivity index (χ0v) is 14.2. The summed E-state index contributed by atoms with van der Waals surface area (Å²) >= 11 is 4.56. The molecule has 1 aromatic carbocycles. The Kier molecular flexibility index (Phi) is 4.70. The maximum Gasteiger partial charge on any atom is 0.335 e. The molecule has 0 spiro atoms. The lowest BCUT2D eigenvalue weighted by Gasteiger charge is -1.91. The van der Waals surface area contributed by atoms with E-state index >= 15 is 0 Å². The Morgan fingerprint density at radius 2 is 2.14 bits per heavy atom. The van der Waals surface area contributed by atoms with E-state index in [-0.39, 0.29) is 5.56 Å². The molecule has 0 aliphatic heterocycles. The molecule has 0 saturated heterocycles. The summed E-state index contributed by atoms with van der Waals surface area (Å²) in [6, 6.07) is 4.98. The zero-order chi connectivity index (χ0) is 15.5. The molecule has 1 N–H and O–H groups in total. The van der Waals surface area contributed by atoms with Crippen molar-refractivity contribution in [3.8, 4) is 0 Å². The lowest BCUT2D eigenvalue weighted by atomic mass is 10.2. The topological polar surface area (TPSA) is 76.0 Å². The molecule has 0 bridgehead atoms. The summed E-state index contributed by atoms with van der Waals surface area (Å²) in [6.45, 7) is 2.16. The number of aryl methyl sites for hydroxylation is 1. The fourth-order valence-corrected chi connectivity index (χ4v) is 5.11. The van der Waals surface area contributed by atoms with Crippen LogP contribution < -0.4 is 0 Å². The van der Waals surface area contributed by atoms with Crippen molar-refractivity contribution in [1.29, 1.82) is 0 Å². The number of carboxylic acid groups (broad SMARTS) is 1. The molecule has 3 aromatic rings. The molecule has 5 nitrogen and oxygen atoms in total. The second-order valence-corrected chi connectivity index (χ2v) is 8.22. The summed E-state index contributed by atoms with van der Waals surface area (Å²) in [6.07, 6.45) is 3.24. The predicted octanol–water partition coefficient (Wildman–Crippen LogP) is 4.34. The highest BCUT2D eigenvalue weighted by atomic mass is 32.2. The fourth-order valence-electron chi connectivity index (χ4n) is 1.86. The monoisotopic (exact) mass is 351 g/mol. The Labute approximate surface area is 139 Å². The summed E-state index contributed by atoms with van der Waals surface area (Å²) in [4.78, 5) is 15.5. The van der Waals surface area contributed by atoms with Gasteiger partial charge in [-0.05, 0) is 36.4 Å². The first-order valence-electron chi connectivity index (χ1n) is 6.80. The molecule has 22 heavy (non-hydrogen) atoms. The van der Waals surface area contributed by atoms with Crippen LogP contribution in [0.5, 0.6) is 0 Å². The molecular weight excluding hydrogens is 338 g/mol. The van der Waals surface area contributed by atoms with Crippen molar-refractivity contribution in [1.82, 2.24) is 15.2 Å². The fraction of sp³-hybridized carbons (Fsp3) is 0.286. The molecule has 3 rings (SSSR count). The SMILES string of the molecule is CCCCc1nnc(Sc2nc3ccc(C(=O)O)cc3s2)s1. The number of hydrogen-bond donors (Lipinski definition) is 1. The lowest BCUT2D eigenvalue weighted by Crippen LogP contribution is -1.94. The van der Waals surface area contributed by atoms with E-state index in [1.807, 2.05) is 0 Å². The number of benzene rings is 1. The highest BCUT2D eigenvalue weighted by Crippen LogP contribution is 2.36. The molecule has 2 heterocycles. The van der Waals surface area contributed by atoms with Gasteiger partial charge >= 0.3 is 5.97 Å². The molecule has 0 unspecified atom stereocenters.